The molecule has 3 nitrogen and oxygen atoms in total. The lowest BCUT2D eigenvalue weighted by atomic mass is 10.0. The molecule has 2 fully saturated rings. The molecule has 1 aromatic carbocycles. The number of piperidine rings is 1. The maximum atomic E-state index is 5.87. The van der Waals surface area contributed by atoms with Gasteiger partial charge in [-0.3, -0.25) is 0 Å². The van der Waals surface area contributed by atoms with Crippen LogP contribution in [0.1, 0.15) is 52.4 Å². The predicted octanol–water partition coefficient (Wildman–Crippen LogP) is 4.80. The maximum absolute atomic E-state index is 5.87. The summed E-state index contributed by atoms with van der Waals surface area (Å²) in [5.41, 5.74) is 1.31. The van der Waals surface area contributed by atoms with Crippen LogP contribution in [0.15, 0.2) is 24.3 Å². The highest BCUT2D eigenvalue weighted by atomic mass is 35.5. The fourth-order valence-electron chi connectivity index (χ4n) is 3.63. The molecular weight excluding hydrogens is 330 g/mol. The van der Waals surface area contributed by atoms with E-state index >= 15 is 0 Å². The zero-order valence-corrected chi connectivity index (χ0v) is 16.9. The Morgan fingerprint density at radius 1 is 1.04 bits per heavy atom. The largest absolute Gasteiger partial charge is 0.369 e. The molecular formula is C21H36ClN3. The molecule has 1 unspecified atom stereocenters. The molecule has 2 saturated heterocycles. The van der Waals surface area contributed by atoms with Crippen LogP contribution in [0, 0.1) is 0 Å². The Morgan fingerprint density at radius 2 is 1.76 bits per heavy atom. The Labute approximate surface area is 159 Å². The van der Waals surface area contributed by atoms with E-state index < -0.39 is 0 Å². The van der Waals surface area contributed by atoms with Crippen molar-refractivity contribution >= 4 is 17.3 Å². The van der Waals surface area contributed by atoms with Gasteiger partial charge in [0.05, 0.1) is 0 Å². The average Bonchev–Trinajstić information content (AvgIpc) is 2.65. The van der Waals surface area contributed by atoms with Crippen LogP contribution in [0.3, 0.4) is 0 Å². The van der Waals surface area contributed by atoms with Gasteiger partial charge in [0.15, 0.2) is 0 Å². The van der Waals surface area contributed by atoms with E-state index in [1.54, 1.807) is 0 Å². The van der Waals surface area contributed by atoms with Gasteiger partial charge in [-0.25, -0.2) is 0 Å². The Hall–Kier alpha value is -0.770. The van der Waals surface area contributed by atoms with Crippen molar-refractivity contribution in [2.75, 3.05) is 44.2 Å². The Kier molecular flexibility index (Phi) is 9.67. The smallest absolute Gasteiger partial charge is 0.0407 e. The third kappa shape index (κ3) is 7.55. The molecule has 0 saturated carbocycles. The highest BCUT2D eigenvalue weighted by Gasteiger charge is 2.17. The first-order valence-corrected chi connectivity index (χ1v) is 10.5. The summed E-state index contributed by atoms with van der Waals surface area (Å²) in [6.45, 7) is 11.9. The summed E-state index contributed by atoms with van der Waals surface area (Å²) < 4.78 is 0. The topological polar surface area (TPSA) is 18.5 Å². The minimum absolute atomic E-state index is 0.671. The fraction of sp³-hybridized carbons (Fsp3) is 0.714. The van der Waals surface area contributed by atoms with Crippen molar-refractivity contribution in [3.8, 4) is 0 Å². The van der Waals surface area contributed by atoms with Crippen molar-refractivity contribution in [1.29, 1.82) is 0 Å². The number of hydrogen-bond acceptors (Lipinski definition) is 3. The molecule has 0 amide bonds. The van der Waals surface area contributed by atoms with Gasteiger partial charge >= 0.3 is 0 Å². The molecule has 1 atom stereocenters. The van der Waals surface area contributed by atoms with Crippen molar-refractivity contribution in [3.05, 3.63) is 29.3 Å². The molecule has 2 heterocycles. The van der Waals surface area contributed by atoms with E-state index in [9.17, 15) is 0 Å². The number of benzene rings is 1. The van der Waals surface area contributed by atoms with Gasteiger partial charge < -0.3 is 15.1 Å². The third-order valence-electron chi connectivity index (χ3n) is 5.25. The minimum atomic E-state index is 0.671. The van der Waals surface area contributed by atoms with E-state index in [0.717, 1.165) is 5.02 Å². The number of halogens is 1. The summed E-state index contributed by atoms with van der Waals surface area (Å²) in [5, 5.41) is 4.18. The Morgan fingerprint density at radius 3 is 2.40 bits per heavy atom. The summed E-state index contributed by atoms with van der Waals surface area (Å²) in [7, 11) is 0. The molecule has 25 heavy (non-hydrogen) atoms. The minimum Gasteiger partial charge on any atom is -0.369 e. The van der Waals surface area contributed by atoms with Crippen LogP contribution in [0.4, 0.5) is 5.69 Å². The quantitative estimate of drug-likeness (QED) is 0.756. The zero-order chi connectivity index (χ0) is 17.9. The lowest BCUT2D eigenvalue weighted by Gasteiger charge is -2.35. The molecule has 3 rings (SSSR count). The molecule has 0 bridgehead atoms. The van der Waals surface area contributed by atoms with Crippen LogP contribution in [-0.2, 0) is 0 Å². The van der Waals surface area contributed by atoms with E-state index in [1.165, 1.54) is 83.5 Å². The maximum Gasteiger partial charge on any atom is 0.0407 e. The molecule has 1 N–H and O–H groups in total. The van der Waals surface area contributed by atoms with Crippen LogP contribution >= 0.6 is 11.6 Å². The van der Waals surface area contributed by atoms with E-state index in [0.29, 0.717) is 6.04 Å². The van der Waals surface area contributed by atoms with Crippen LogP contribution in [0.5, 0.6) is 0 Å². The molecule has 142 valence electrons. The molecule has 2 aliphatic heterocycles. The van der Waals surface area contributed by atoms with Gasteiger partial charge in [-0.05, 0) is 63.4 Å². The average molecular weight is 366 g/mol. The van der Waals surface area contributed by atoms with Crippen LogP contribution < -0.4 is 10.2 Å². The van der Waals surface area contributed by atoms with Crippen molar-refractivity contribution in [3.63, 3.8) is 0 Å². The van der Waals surface area contributed by atoms with Gasteiger partial charge in [0.2, 0.25) is 0 Å². The van der Waals surface area contributed by atoms with Gasteiger partial charge in [0.25, 0.3) is 0 Å². The van der Waals surface area contributed by atoms with Crippen molar-refractivity contribution in [2.45, 2.75) is 58.4 Å². The monoisotopic (exact) mass is 365 g/mol. The zero-order valence-electron chi connectivity index (χ0n) is 16.1. The number of rotatable bonds is 5. The summed E-state index contributed by atoms with van der Waals surface area (Å²) in [4.78, 5) is 5.03. The van der Waals surface area contributed by atoms with E-state index in [1.807, 2.05) is 12.1 Å². The van der Waals surface area contributed by atoms with Crippen LogP contribution in [0.2, 0.25) is 5.02 Å². The Bertz CT molecular complexity index is 457. The highest BCUT2D eigenvalue weighted by Crippen LogP contribution is 2.25. The summed E-state index contributed by atoms with van der Waals surface area (Å²) >= 11 is 5.87. The second kappa shape index (κ2) is 11.8. The lowest BCUT2D eigenvalue weighted by Crippen LogP contribution is -2.43. The van der Waals surface area contributed by atoms with E-state index in [4.69, 9.17) is 11.6 Å². The standard InChI is InChI=1S/C12H16ClN.C9H20N2/c1-10-4-2-3-9-14(10)12-7-5-11(13)6-8-12;1-2-3-4-7-11-8-5-10-6-9-11/h5-8,10H,2-4,9H2,1H3;10H,2-9H2,1H3. The first-order chi connectivity index (χ1) is 12.2. The number of unbranched alkanes of at least 4 members (excludes halogenated alkanes) is 2. The van der Waals surface area contributed by atoms with Gasteiger partial charge in [-0.2, -0.15) is 0 Å². The highest BCUT2D eigenvalue weighted by molar-refractivity contribution is 6.30. The first-order valence-electron chi connectivity index (χ1n) is 10.2. The van der Waals surface area contributed by atoms with Gasteiger partial charge in [0, 0.05) is 49.5 Å². The predicted molar refractivity (Wildman–Crippen MR) is 111 cm³/mol. The van der Waals surface area contributed by atoms with Crippen molar-refractivity contribution in [2.24, 2.45) is 0 Å². The second-order valence-corrected chi connectivity index (χ2v) is 7.75. The second-order valence-electron chi connectivity index (χ2n) is 7.31. The van der Waals surface area contributed by atoms with Crippen molar-refractivity contribution < 1.29 is 0 Å². The molecule has 0 spiro atoms. The fourth-order valence-corrected chi connectivity index (χ4v) is 3.76. The number of nitrogens with one attached hydrogen (secondary N) is 1. The number of hydrogen-bond donors (Lipinski definition) is 1. The SMILES string of the molecule is CC1CCCCN1c1ccc(Cl)cc1.CCCCCN1CCNCC1. The van der Waals surface area contributed by atoms with Crippen LogP contribution in [-0.4, -0.2) is 50.2 Å². The first kappa shape index (κ1) is 20.5. The number of piperazine rings is 1. The van der Waals surface area contributed by atoms with Crippen LogP contribution in [0.25, 0.3) is 0 Å². The molecule has 0 radical (unpaired) electrons. The third-order valence-corrected chi connectivity index (χ3v) is 5.50. The molecule has 1 aromatic rings. The van der Waals surface area contributed by atoms with Gasteiger partial charge in [-0.1, -0.05) is 31.4 Å². The van der Waals surface area contributed by atoms with Gasteiger partial charge in [-0.15, -0.1) is 0 Å². The van der Waals surface area contributed by atoms with Crippen molar-refractivity contribution in [1.82, 2.24) is 10.2 Å². The van der Waals surface area contributed by atoms with E-state index in [2.05, 4.69) is 41.1 Å². The summed E-state index contributed by atoms with van der Waals surface area (Å²) in [6, 6.07) is 8.84. The Balaban J connectivity index is 0.000000186. The molecule has 4 heteroatoms. The molecule has 0 aromatic heterocycles. The van der Waals surface area contributed by atoms with E-state index in [-0.39, 0.29) is 0 Å². The van der Waals surface area contributed by atoms with Gasteiger partial charge in [0.1, 0.15) is 0 Å². The molecule has 0 aliphatic carbocycles. The normalized spacial score (nSPS) is 21.6. The summed E-state index contributed by atoms with van der Waals surface area (Å²) in [5.74, 6) is 0. The molecule has 2 aliphatic rings. The lowest BCUT2D eigenvalue weighted by molar-refractivity contribution is 0.236. The summed E-state index contributed by atoms with van der Waals surface area (Å²) in [6.07, 6.45) is 8.10. The number of anilines is 1. The number of nitrogens with zero attached hydrogens (tertiary/aromatic N) is 2.